The number of nitrogens with one attached hydrogen (secondary N) is 1. The molecular formula is C14H13ClF2N2O3. The number of aromatic nitrogens is 1. The van der Waals surface area contributed by atoms with Gasteiger partial charge in [-0.25, -0.2) is 18.6 Å². The highest BCUT2D eigenvalue weighted by molar-refractivity contribution is 6.29. The quantitative estimate of drug-likeness (QED) is 0.679. The number of dihydropyridines is 1. The summed E-state index contributed by atoms with van der Waals surface area (Å²) in [5, 5.41) is 2.64. The van der Waals surface area contributed by atoms with Crippen molar-refractivity contribution in [1.82, 2.24) is 10.3 Å². The molecule has 1 atom stereocenters. The average molecular weight is 331 g/mol. The van der Waals surface area contributed by atoms with E-state index in [1.165, 1.54) is 38.8 Å². The Labute approximate surface area is 130 Å². The molecule has 0 aromatic carbocycles. The minimum Gasteiger partial charge on any atom is -0.495 e. The van der Waals surface area contributed by atoms with Crippen LogP contribution in [-0.4, -0.2) is 37.6 Å². The lowest BCUT2D eigenvalue weighted by Crippen LogP contribution is -2.33. The van der Waals surface area contributed by atoms with Crippen LogP contribution >= 0.6 is 11.6 Å². The molecule has 0 radical (unpaired) electrons. The molecule has 0 fully saturated rings. The maximum Gasteiger partial charge on any atom is 0.340 e. The smallest absolute Gasteiger partial charge is 0.340 e. The maximum absolute atomic E-state index is 12.9. The van der Waals surface area contributed by atoms with Crippen LogP contribution in [0.1, 0.15) is 15.9 Å². The third-order valence-electron chi connectivity index (χ3n) is 3.08. The van der Waals surface area contributed by atoms with Crippen LogP contribution in [0.25, 0.3) is 5.57 Å². The molecule has 1 N–H and O–H groups in total. The molecule has 8 heteroatoms. The zero-order valence-corrected chi connectivity index (χ0v) is 12.5. The van der Waals surface area contributed by atoms with E-state index in [4.69, 9.17) is 16.3 Å². The number of hydrogen-bond donors (Lipinski definition) is 1. The molecule has 0 saturated carbocycles. The fourth-order valence-corrected chi connectivity index (χ4v) is 2.18. The van der Waals surface area contributed by atoms with Crippen molar-refractivity contribution in [2.24, 2.45) is 0 Å². The molecule has 2 heterocycles. The molecule has 0 saturated heterocycles. The lowest BCUT2D eigenvalue weighted by Gasteiger charge is -2.23. The van der Waals surface area contributed by atoms with Gasteiger partial charge in [0.25, 0.3) is 6.43 Å². The molecule has 118 valence electrons. The van der Waals surface area contributed by atoms with Crippen molar-refractivity contribution >= 4 is 23.1 Å². The SMILES string of the molecule is COC(=O)c1cnc(Cl)cc1C1=CC(C(F)F)NC=C1OC. The lowest BCUT2D eigenvalue weighted by atomic mass is 9.96. The van der Waals surface area contributed by atoms with E-state index in [1.54, 1.807) is 0 Å². The van der Waals surface area contributed by atoms with Gasteiger partial charge in [0.1, 0.15) is 17.0 Å². The maximum atomic E-state index is 12.9. The summed E-state index contributed by atoms with van der Waals surface area (Å²) >= 11 is 5.86. The number of halogens is 3. The van der Waals surface area contributed by atoms with Gasteiger partial charge in [-0.05, 0) is 12.1 Å². The minimum absolute atomic E-state index is 0.107. The van der Waals surface area contributed by atoms with E-state index in [1.807, 2.05) is 0 Å². The second-order valence-electron chi connectivity index (χ2n) is 4.36. The largest absolute Gasteiger partial charge is 0.495 e. The van der Waals surface area contributed by atoms with Crippen LogP contribution in [0.3, 0.4) is 0 Å². The molecule has 1 aliphatic rings. The Morgan fingerprint density at radius 2 is 2.18 bits per heavy atom. The number of carbonyl (C=O) groups is 1. The molecule has 2 rings (SSSR count). The Morgan fingerprint density at radius 3 is 2.77 bits per heavy atom. The highest BCUT2D eigenvalue weighted by atomic mass is 35.5. The first kappa shape index (κ1) is 16.2. The van der Waals surface area contributed by atoms with Crippen LogP contribution in [-0.2, 0) is 9.47 Å². The summed E-state index contributed by atoms with van der Waals surface area (Å²) in [5.41, 5.74) is 0.736. The summed E-state index contributed by atoms with van der Waals surface area (Å²) < 4.78 is 35.7. The zero-order valence-electron chi connectivity index (χ0n) is 11.8. The fraction of sp³-hybridized carbons (Fsp3) is 0.286. The standard InChI is InChI=1S/C14H13ClF2N2O3/c1-21-11-6-18-10(13(16)17)3-8(11)7-4-12(15)19-5-9(7)14(20)22-2/h3-6,10,13,18H,1-2H3. The van der Waals surface area contributed by atoms with E-state index >= 15 is 0 Å². The van der Waals surface area contributed by atoms with Gasteiger partial charge < -0.3 is 14.8 Å². The normalized spacial score (nSPS) is 17.5. The second kappa shape index (κ2) is 6.74. The van der Waals surface area contributed by atoms with Gasteiger partial charge in [-0.15, -0.1) is 0 Å². The zero-order chi connectivity index (χ0) is 16.3. The minimum atomic E-state index is -2.62. The van der Waals surface area contributed by atoms with Crippen LogP contribution < -0.4 is 5.32 Å². The Hall–Kier alpha value is -2.15. The van der Waals surface area contributed by atoms with Gasteiger partial charge in [-0.1, -0.05) is 11.6 Å². The summed E-state index contributed by atoms with van der Waals surface area (Å²) in [4.78, 5) is 15.7. The summed E-state index contributed by atoms with van der Waals surface area (Å²) in [6.07, 6.45) is 1.21. The van der Waals surface area contributed by atoms with Gasteiger partial charge in [0.05, 0.1) is 19.8 Å². The number of allylic oxidation sites excluding steroid dienone is 1. The molecule has 5 nitrogen and oxygen atoms in total. The Morgan fingerprint density at radius 1 is 1.45 bits per heavy atom. The topological polar surface area (TPSA) is 60.5 Å². The lowest BCUT2D eigenvalue weighted by molar-refractivity contribution is 0.0600. The van der Waals surface area contributed by atoms with Gasteiger partial charge in [-0.2, -0.15) is 0 Å². The van der Waals surface area contributed by atoms with Gasteiger partial charge >= 0.3 is 5.97 Å². The van der Waals surface area contributed by atoms with Crippen molar-refractivity contribution in [1.29, 1.82) is 0 Å². The van der Waals surface area contributed by atoms with Crippen LogP contribution in [0, 0.1) is 0 Å². The number of nitrogens with zero attached hydrogens (tertiary/aromatic N) is 1. The predicted octanol–water partition coefficient (Wildman–Crippen LogP) is 2.63. The predicted molar refractivity (Wildman–Crippen MR) is 76.6 cm³/mol. The summed E-state index contributed by atoms with van der Waals surface area (Å²) in [5.74, 6) is -0.355. The average Bonchev–Trinajstić information content (AvgIpc) is 2.53. The molecule has 0 amide bonds. The van der Waals surface area contributed by atoms with Gasteiger partial charge in [0.2, 0.25) is 0 Å². The van der Waals surface area contributed by atoms with E-state index in [0.717, 1.165) is 0 Å². The summed E-state index contributed by atoms with van der Waals surface area (Å²) in [6, 6.07) is 0.201. The summed E-state index contributed by atoms with van der Waals surface area (Å²) in [7, 11) is 2.61. The van der Waals surface area contributed by atoms with Crippen molar-refractivity contribution < 1.29 is 23.0 Å². The number of pyridine rings is 1. The number of ether oxygens (including phenoxy) is 2. The summed E-state index contributed by atoms with van der Waals surface area (Å²) in [6.45, 7) is 0. The van der Waals surface area contributed by atoms with E-state index in [0.29, 0.717) is 16.9 Å². The highest BCUT2D eigenvalue weighted by Crippen LogP contribution is 2.31. The second-order valence-corrected chi connectivity index (χ2v) is 4.75. The third kappa shape index (κ3) is 3.19. The third-order valence-corrected chi connectivity index (χ3v) is 3.28. The van der Waals surface area contributed by atoms with Crippen molar-refractivity contribution in [2.45, 2.75) is 12.5 Å². The molecule has 0 aliphatic carbocycles. The first-order chi connectivity index (χ1) is 10.5. The Balaban J connectivity index is 2.58. The van der Waals surface area contributed by atoms with Crippen molar-refractivity contribution in [2.75, 3.05) is 14.2 Å². The molecule has 1 aromatic rings. The number of esters is 1. The monoisotopic (exact) mass is 330 g/mol. The van der Waals surface area contributed by atoms with Gasteiger partial charge in [0, 0.05) is 23.5 Å². The van der Waals surface area contributed by atoms with Crippen LogP contribution in [0.5, 0.6) is 0 Å². The Kier molecular flexibility index (Phi) is 4.97. The highest BCUT2D eigenvalue weighted by Gasteiger charge is 2.26. The molecule has 1 aliphatic heterocycles. The molecule has 22 heavy (non-hydrogen) atoms. The molecular weight excluding hydrogens is 318 g/mol. The van der Waals surface area contributed by atoms with Crippen molar-refractivity contribution in [3.63, 3.8) is 0 Å². The van der Waals surface area contributed by atoms with Gasteiger partial charge in [-0.3, -0.25) is 0 Å². The first-order valence-electron chi connectivity index (χ1n) is 6.22. The first-order valence-corrected chi connectivity index (χ1v) is 6.60. The number of carbonyl (C=O) groups excluding carboxylic acids is 1. The fourth-order valence-electron chi connectivity index (χ4n) is 2.02. The number of methoxy groups -OCH3 is 2. The van der Waals surface area contributed by atoms with E-state index in [9.17, 15) is 13.6 Å². The van der Waals surface area contributed by atoms with Crippen LogP contribution in [0.2, 0.25) is 5.15 Å². The molecule has 1 unspecified atom stereocenters. The number of rotatable bonds is 4. The number of hydrogen-bond acceptors (Lipinski definition) is 5. The molecule has 0 bridgehead atoms. The Bertz CT molecular complexity index is 647. The van der Waals surface area contributed by atoms with E-state index < -0.39 is 18.4 Å². The number of alkyl halides is 2. The van der Waals surface area contributed by atoms with Crippen LogP contribution in [0.15, 0.2) is 30.3 Å². The molecule has 0 spiro atoms. The van der Waals surface area contributed by atoms with E-state index in [-0.39, 0.29) is 10.7 Å². The van der Waals surface area contributed by atoms with E-state index in [2.05, 4.69) is 15.0 Å². The van der Waals surface area contributed by atoms with Crippen LogP contribution in [0.4, 0.5) is 8.78 Å². The molecule has 1 aromatic heterocycles. The van der Waals surface area contributed by atoms with Crippen molar-refractivity contribution in [3.8, 4) is 0 Å². The van der Waals surface area contributed by atoms with Gasteiger partial charge in [0.15, 0.2) is 0 Å². The van der Waals surface area contributed by atoms with Crippen molar-refractivity contribution in [3.05, 3.63) is 46.6 Å².